The Morgan fingerprint density at radius 2 is 2.14 bits per heavy atom. The highest BCUT2D eigenvalue weighted by Gasteiger charge is 2.23. The molecule has 1 atom stereocenters. The van der Waals surface area contributed by atoms with Crippen molar-refractivity contribution >= 4 is 23.5 Å². The van der Waals surface area contributed by atoms with Crippen molar-refractivity contribution in [2.24, 2.45) is 0 Å². The molecule has 1 amide bonds. The lowest BCUT2D eigenvalue weighted by molar-refractivity contribution is -0.142. The highest BCUT2D eigenvalue weighted by molar-refractivity contribution is 6.20. The van der Waals surface area contributed by atoms with Crippen molar-refractivity contribution in [2.75, 3.05) is 13.0 Å². The number of methoxy groups -OCH3 is 1. The van der Waals surface area contributed by atoms with Crippen molar-refractivity contribution in [1.82, 2.24) is 15.3 Å². The second-order valence-corrected chi connectivity index (χ2v) is 4.30. The predicted molar refractivity (Wildman–Crippen MR) is 70.7 cm³/mol. The Kier molecular flexibility index (Phi) is 4.59. The van der Waals surface area contributed by atoms with Crippen molar-refractivity contribution in [2.45, 2.75) is 13.0 Å². The van der Waals surface area contributed by atoms with Gasteiger partial charge in [0, 0.05) is 6.92 Å². The van der Waals surface area contributed by atoms with Gasteiger partial charge in [-0.05, 0) is 0 Å². The molecular formula is C12H12ClN3O5. The Morgan fingerprint density at radius 1 is 1.38 bits per heavy atom. The van der Waals surface area contributed by atoms with Crippen LogP contribution in [0.3, 0.4) is 0 Å². The van der Waals surface area contributed by atoms with Gasteiger partial charge >= 0.3 is 5.97 Å². The minimum absolute atomic E-state index is 0.00956. The number of oxazole rings is 2. The van der Waals surface area contributed by atoms with Crippen LogP contribution in [0.1, 0.15) is 16.4 Å². The number of carbonyl (C=O) groups is 2. The number of rotatable bonds is 5. The second-order valence-electron chi connectivity index (χ2n) is 3.99. The van der Waals surface area contributed by atoms with E-state index in [9.17, 15) is 9.59 Å². The summed E-state index contributed by atoms with van der Waals surface area (Å²) in [6.07, 6.45) is 2.51. The standard InChI is InChI=1S/C12H12ClN3O5/c1-6-14-9(5-20-6)11-16-8(4-21-11)10(17)15-7(3-13)12(18)19-2/h4-5,7H,3H2,1-2H3,(H,15,17). The van der Waals surface area contributed by atoms with Crippen molar-refractivity contribution in [3.05, 3.63) is 24.1 Å². The molecule has 0 radical (unpaired) electrons. The third kappa shape index (κ3) is 3.40. The molecule has 112 valence electrons. The van der Waals surface area contributed by atoms with Gasteiger partial charge in [-0.15, -0.1) is 11.6 Å². The lowest BCUT2D eigenvalue weighted by Gasteiger charge is -2.11. The van der Waals surface area contributed by atoms with Crippen LogP contribution in [0.5, 0.6) is 0 Å². The van der Waals surface area contributed by atoms with E-state index in [1.54, 1.807) is 6.92 Å². The summed E-state index contributed by atoms with van der Waals surface area (Å²) < 4.78 is 14.7. The SMILES string of the molecule is COC(=O)C(CCl)NC(=O)c1coc(-c2coc(C)n2)n1. The van der Waals surface area contributed by atoms with Crippen LogP contribution < -0.4 is 5.32 Å². The van der Waals surface area contributed by atoms with Crippen LogP contribution in [0.25, 0.3) is 11.6 Å². The first-order chi connectivity index (χ1) is 10.0. The number of halogens is 1. The first kappa shape index (κ1) is 15.0. The Hall–Kier alpha value is -2.35. The molecule has 1 unspecified atom stereocenters. The zero-order chi connectivity index (χ0) is 15.4. The van der Waals surface area contributed by atoms with E-state index in [2.05, 4.69) is 20.0 Å². The Morgan fingerprint density at radius 3 is 2.71 bits per heavy atom. The summed E-state index contributed by atoms with van der Waals surface area (Å²) in [4.78, 5) is 31.3. The molecule has 0 bridgehead atoms. The quantitative estimate of drug-likeness (QED) is 0.651. The molecular weight excluding hydrogens is 302 g/mol. The molecule has 21 heavy (non-hydrogen) atoms. The average molecular weight is 314 g/mol. The molecule has 9 heteroatoms. The van der Waals surface area contributed by atoms with E-state index in [1.165, 1.54) is 13.4 Å². The number of hydrogen-bond donors (Lipinski definition) is 1. The summed E-state index contributed by atoms with van der Waals surface area (Å²) in [7, 11) is 1.20. The number of aromatic nitrogens is 2. The molecule has 2 heterocycles. The van der Waals surface area contributed by atoms with Crippen LogP contribution >= 0.6 is 11.6 Å². The van der Waals surface area contributed by atoms with Crippen LogP contribution in [0.15, 0.2) is 21.4 Å². The molecule has 2 rings (SSSR count). The maximum absolute atomic E-state index is 11.9. The molecule has 0 saturated carbocycles. The van der Waals surface area contributed by atoms with Gasteiger partial charge in [-0.2, -0.15) is 0 Å². The summed E-state index contributed by atoms with van der Waals surface area (Å²) in [6, 6.07) is -0.960. The second kappa shape index (κ2) is 6.40. The van der Waals surface area contributed by atoms with Gasteiger partial charge in [0.25, 0.3) is 5.91 Å². The normalized spacial score (nSPS) is 12.0. The van der Waals surface area contributed by atoms with Crippen LogP contribution in [0.2, 0.25) is 0 Å². The van der Waals surface area contributed by atoms with Gasteiger partial charge in [0.05, 0.1) is 13.0 Å². The van der Waals surface area contributed by atoms with Gasteiger partial charge < -0.3 is 18.9 Å². The van der Waals surface area contributed by atoms with Gasteiger partial charge in [0.15, 0.2) is 17.3 Å². The molecule has 8 nitrogen and oxygen atoms in total. The van der Waals surface area contributed by atoms with E-state index in [4.69, 9.17) is 20.4 Å². The number of esters is 1. The van der Waals surface area contributed by atoms with Crippen LogP contribution in [0, 0.1) is 6.92 Å². The van der Waals surface area contributed by atoms with E-state index in [0.717, 1.165) is 6.26 Å². The number of hydrogen-bond acceptors (Lipinski definition) is 7. The third-order valence-corrected chi connectivity index (χ3v) is 2.83. The van der Waals surface area contributed by atoms with Gasteiger partial charge in [-0.25, -0.2) is 14.8 Å². The molecule has 2 aromatic rings. The molecule has 0 fully saturated rings. The maximum Gasteiger partial charge on any atom is 0.329 e. The average Bonchev–Trinajstić information content (AvgIpc) is 3.12. The van der Waals surface area contributed by atoms with Crippen LogP contribution in [-0.2, 0) is 9.53 Å². The van der Waals surface area contributed by atoms with Gasteiger partial charge in [-0.1, -0.05) is 0 Å². The molecule has 0 aromatic carbocycles. The fourth-order valence-corrected chi connectivity index (χ4v) is 1.70. The molecule has 0 aliphatic carbocycles. The van der Waals surface area contributed by atoms with Gasteiger partial charge in [0.1, 0.15) is 18.6 Å². The summed E-state index contributed by atoms with van der Waals surface area (Å²) in [5.74, 6) is -0.791. The van der Waals surface area contributed by atoms with Crippen molar-refractivity contribution in [3.8, 4) is 11.6 Å². The molecule has 0 aliphatic heterocycles. The first-order valence-electron chi connectivity index (χ1n) is 5.87. The zero-order valence-electron chi connectivity index (χ0n) is 11.3. The van der Waals surface area contributed by atoms with E-state index in [-0.39, 0.29) is 17.5 Å². The number of alkyl halides is 1. The molecule has 0 aliphatic rings. The predicted octanol–water partition coefficient (Wildman–Crippen LogP) is 1.15. The van der Waals surface area contributed by atoms with E-state index >= 15 is 0 Å². The fraction of sp³-hybridized carbons (Fsp3) is 0.333. The molecule has 0 spiro atoms. The monoisotopic (exact) mass is 313 g/mol. The summed E-state index contributed by atoms with van der Waals surface area (Å²) >= 11 is 5.59. The van der Waals surface area contributed by atoms with Gasteiger partial charge in [0.2, 0.25) is 5.89 Å². The van der Waals surface area contributed by atoms with Crippen LogP contribution in [-0.4, -0.2) is 40.9 Å². The largest absolute Gasteiger partial charge is 0.467 e. The number of nitrogens with zero attached hydrogens (tertiary/aromatic N) is 2. The Balaban J connectivity index is 2.10. The first-order valence-corrected chi connectivity index (χ1v) is 6.41. The number of ether oxygens (including phenoxy) is 1. The van der Waals surface area contributed by atoms with Crippen LogP contribution in [0.4, 0.5) is 0 Å². The van der Waals surface area contributed by atoms with Gasteiger partial charge in [-0.3, -0.25) is 4.79 Å². The highest BCUT2D eigenvalue weighted by Crippen LogP contribution is 2.17. The summed E-state index contributed by atoms with van der Waals surface area (Å²) in [5, 5.41) is 2.39. The smallest absolute Gasteiger partial charge is 0.329 e. The van der Waals surface area contributed by atoms with E-state index < -0.39 is 17.9 Å². The Bertz CT molecular complexity index is 651. The topological polar surface area (TPSA) is 107 Å². The van der Waals surface area contributed by atoms with Crippen molar-refractivity contribution in [1.29, 1.82) is 0 Å². The number of carbonyl (C=O) groups excluding carboxylic acids is 2. The lowest BCUT2D eigenvalue weighted by atomic mass is 10.3. The minimum Gasteiger partial charge on any atom is -0.467 e. The number of aryl methyl sites for hydroxylation is 1. The number of nitrogens with one attached hydrogen (secondary N) is 1. The lowest BCUT2D eigenvalue weighted by Crippen LogP contribution is -2.42. The third-order valence-electron chi connectivity index (χ3n) is 2.52. The molecule has 1 N–H and O–H groups in total. The zero-order valence-corrected chi connectivity index (χ0v) is 12.0. The van der Waals surface area contributed by atoms with Crippen molar-refractivity contribution < 1.29 is 23.2 Å². The van der Waals surface area contributed by atoms with E-state index in [0.29, 0.717) is 11.6 Å². The Labute approximate surface area is 124 Å². The fourth-order valence-electron chi connectivity index (χ4n) is 1.49. The van der Waals surface area contributed by atoms with Crippen molar-refractivity contribution in [3.63, 3.8) is 0 Å². The number of amides is 1. The van der Waals surface area contributed by atoms with E-state index in [1.807, 2.05) is 0 Å². The molecule has 0 saturated heterocycles. The summed E-state index contributed by atoms with van der Waals surface area (Å²) in [6.45, 7) is 1.67. The molecule has 2 aromatic heterocycles. The minimum atomic E-state index is -0.960. The summed E-state index contributed by atoms with van der Waals surface area (Å²) in [5.41, 5.74) is 0.359. The highest BCUT2D eigenvalue weighted by atomic mass is 35.5. The maximum atomic E-state index is 11.9.